The number of hydrogen-bond donors (Lipinski definition) is 1. The van der Waals surface area contributed by atoms with Crippen LogP contribution < -0.4 is 0 Å². The zero-order valence-electron chi connectivity index (χ0n) is 15.0. The van der Waals surface area contributed by atoms with Gasteiger partial charge in [-0.2, -0.15) is 5.10 Å². The topological polar surface area (TPSA) is 74.8 Å². The predicted molar refractivity (Wildman–Crippen MR) is 104 cm³/mol. The summed E-state index contributed by atoms with van der Waals surface area (Å²) in [5, 5.41) is 7.46. The van der Waals surface area contributed by atoms with Crippen molar-refractivity contribution in [2.24, 2.45) is 0 Å². The Labute approximate surface area is 162 Å². The first kappa shape index (κ1) is 17.7. The Morgan fingerprint density at radius 1 is 1.30 bits per heavy atom. The number of aromatic nitrogens is 4. The van der Waals surface area contributed by atoms with Crippen molar-refractivity contribution >= 4 is 17.5 Å². The summed E-state index contributed by atoms with van der Waals surface area (Å²) in [6.45, 7) is 3.25. The molecule has 6 nitrogen and oxygen atoms in total. The van der Waals surface area contributed by atoms with Crippen LogP contribution in [0.2, 0.25) is 5.02 Å². The zero-order chi connectivity index (χ0) is 18.8. The van der Waals surface area contributed by atoms with E-state index in [1.54, 1.807) is 18.6 Å². The number of likely N-dealkylation sites (tertiary alicyclic amines) is 1. The van der Waals surface area contributed by atoms with Crippen molar-refractivity contribution in [3.63, 3.8) is 0 Å². The maximum Gasteiger partial charge on any atom is 0.257 e. The second-order valence-corrected chi connectivity index (χ2v) is 7.27. The third-order valence-corrected chi connectivity index (χ3v) is 5.20. The fourth-order valence-corrected chi connectivity index (χ4v) is 3.69. The van der Waals surface area contributed by atoms with Gasteiger partial charge in [-0.1, -0.05) is 23.7 Å². The molecule has 4 rings (SSSR count). The van der Waals surface area contributed by atoms with E-state index in [1.807, 2.05) is 36.1 Å². The van der Waals surface area contributed by atoms with Gasteiger partial charge in [0.25, 0.3) is 5.91 Å². The maximum absolute atomic E-state index is 12.8. The van der Waals surface area contributed by atoms with Gasteiger partial charge in [0.2, 0.25) is 0 Å². The average Bonchev–Trinajstić information content (AvgIpc) is 3.13. The van der Waals surface area contributed by atoms with E-state index in [0.717, 1.165) is 42.0 Å². The number of carbonyl (C=O) groups is 1. The number of hydrogen-bond acceptors (Lipinski definition) is 4. The molecule has 1 N–H and O–H groups in total. The molecule has 1 amide bonds. The van der Waals surface area contributed by atoms with E-state index in [0.29, 0.717) is 17.1 Å². The van der Waals surface area contributed by atoms with Gasteiger partial charge >= 0.3 is 0 Å². The zero-order valence-corrected chi connectivity index (χ0v) is 15.8. The minimum atomic E-state index is 0.0184. The first-order valence-electron chi connectivity index (χ1n) is 8.99. The summed E-state index contributed by atoms with van der Waals surface area (Å²) in [4.78, 5) is 23.9. The van der Waals surface area contributed by atoms with Crippen molar-refractivity contribution in [3.05, 3.63) is 64.8 Å². The highest BCUT2D eigenvalue weighted by atomic mass is 35.5. The first-order chi connectivity index (χ1) is 13.1. The van der Waals surface area contributed by atoms with Gasteiger partial charge in [-0.15, -0.1) is 0 Å². The van der Waals surface area contributed by atoms with Crippen LogP contribution in [0.15, 0.2) is 42.9 Å². The van der Waals surface area contributed by atoms with Crippen LogP contribution in [0.1, 0.15) is 40.5 Å². The number of rotatable bonds is 3. The molecule has 0 radical (unpaired) electrons. The van der Waals surface area contributed by atoms with Gasteiger partial charge in [-0.25, -0.2) is 4.98 Å². The van der Waals surface area contributed by atoms with E-state index in [-0.39, 0.29) is 11.8 Å². The van der Waals surface area contributed by atoms with Gasteiger partial charge in [0.1, 0.15) is 0 Å². The van der Waals surface area contributed by atoms with Gasteiger partial charge in [-0.3, -0.25) is 14.9 Å². The maximum atomic E-state index is 12.8. The molecule has 7 heteroatoms. The van der Waals surface area contributed by atoms with Crippen LogP contribution in [0.5, 0.6) is 0 Å². The lowest BCUT2D eigenvalue weighted by molar-refractivity contribution is 0.0705. The third-order valence-electron chi connectivity index (χ3n) is 4.96. The van der Waals surface area contributed by atoms with Crippen LogP contribution in [0, 0.1) is 6.92 Å². The standard InChI is InChI=1S/C20H20ClN5O/c1-13-17(9-23-25-13)20(27)26-7-3-5-15(12-26)19-11-22-10-18(24-19)14-4-2-6-16(21)8-14/h2,4,6,8-11,15H,3,5,7,12H2,1H3,(H,23,25)/t15-/m0/s1. The summed E-state index contributed by atoms with van der Waals surface area (Å²) < 4.78 is 0. The molecule has 1 saturated heterocycles. The van der Waals surface area contributed by atoms with E-state index < -0.39 is 0 Å². The molecule has 3 heterocycles. The minimum absolute atomic E-state index is 0.0184. The number of aryl methyl sites for hydroxylation is 1. The highest BCUT2D eigenvalue weighted by Gasteiger charge is 2.28. The van der Waals surface area contributed by atoms with Gasteiger partial charge < -0.3 is 4.90 Å². The second-order valence-electron chi connectivity index (χ2n) is 6.84. The van der Waals surface area contributed by atoms with Gasteiger partial charge in [0.15, 0.2) is 0 Å². The molecule has 27 heavy (non-hydrogen) atoms. The molecule has 0 unspecified atom stereocenters. The molecule has 1 aromatic carbocycles. The molecule has 1 aliphatic rings. The molecule has 0 aliphatic carbocycles. The van der Waals surface area contributed by atoms with Crippen LogP contribution in [0.25, 0.3) is 11.3 Å². The van der Waals surface area contributed by atoms with E-state index in [4.69, 9.17) is 16.6 Å². The molecule has 0 bridgehead atoms. The number of halogens is 1. The van der Waals surface area contributed by atoms with Crippen molar-refractivity contribution in [3.8, 4) is 11.3 Å². The lowest BCUT2D eigenvalue weighted by Crippen LogP contribution is -2.39. The average molecular weight is 382 g/mol. The number of carbonyl (C=O) groups excluding carboxylic acids is 1. The van der Waals surface area contributed by atoms with Gasteiger partial charge in [0, 0.05) is 41.5 Å². The van der Waals surface area contributed by atoms with Crippen LogP contribution in [-0.2, 0) is 0 Å². The molecule has 2 aromatic heterocycles. The number of nitrogens with zero attached hydrogens (tertiary/aromatic N) is 4. The van der Waals surface area contributed by atoms with Gasteiger partial charge in [-0.05, 0) is 31.9 Å². The Bertz CT molecular complexity index is 970. The van der Waals surface area contributed by atoms with E-state index in [1.165, 1.54) is 0 Å². The van der Waals surface area contributed by atoms with E-state index in [9.17, 15) is 4.79 Å². The fourth-order valence-electron chi connectivity index (χ4n) is 3.50. The summed E-state index contributed by atoms with van der Waals surface area (Å²) in [7, 11) is 0. The first-order valence-corrected chi connectivity index (χ1v) is 9.37. The lowest BCUT2D eigenvalue weighted by Gasteiger charge is -2.32. The number of benzene rings is 1. The Morgan fingerprint density at radius 2 is 2.19 bits per heavy atom. The second kappa shape index (κ2) is 7.48. The predicted octanol–water partition coefficient (Wildman–Crippen LogP) is 3.85. The molecular formula is C20H20ClN5O. The molecule has 0 spiro atoms. The molecule has 3 aromatic rings. The molecule has 1 aliphatic heterocycles. The Balaban J connectivity index is 1.56. The van der Waals surface area contributed by atoms with Crippen molar-refractivity contribution in [1.82, 2.24) is 25.1 Å². The number of nitrogens with one attached hydrogen (secondary N) is 1. The minimum Gasteiger partial charge on any atom is -0.338 e. The smallest absolute Gasteiger partial charge is 0.257 e. The Morgan fingerprint density at radius 3 is 2.96 bits per heavy atom. The summed E-state index contributed by atoms with van der Waals surface area (Å²) in [5.74, 6) is 0.187. The van der Waals surface area contributed by atoms with Crippen molar-refractivity contribution in [1.29, 1.82) is 0 Å². The quantitative estimate of drug-likeness (QED) is 0.747. The highest BCUT2D eigenvalue weighted by molar-refractivity contribution is 6.30. The number of H-pyrrole nitrogens is 1. The Kier molecular flexibility index (Phi) is 4.90. The van der Waals surface area contributed by atoms with Crippen LogP contribution in [-0.4, -0.2) is 44.1 Å². The van der Waals surface area contributed by atoms with Gasteiger partial charge in [0.05, 0.1) is 29.3 Å². The SMILES string of the molecule is Cc1[nH]ncc1C(=O)N1CCC[C@H](c2cncc(-c3cccc(Cl)c3)n2)C1. The number of piperidine rings is 1. The Hall–Kier alpha value is -2.73. The van der Waals surface area contributed by atoms with Crippen molar-refractivity contribution < 1.29 is 4.79 Å². The van der Waals surface area contributed by atoms with E-state index >= 15 is 0 Å². The van der Waals surface area contributed by atoms with Crippen molar-refractivity contribution in [2.75, 3.05) is 13.1 Å². The summed E-state index contributed by atoms with van der Waals surface area (Å²) in [5.41, 5.74) is 4.08. The summed E-state index contributed by atoms with van der Waals surface area (Å²) in [6, 6.07) is 7.59. The fraction of sp³-hybridized carbons (Fsp3) is 0.300. The lowest BCUT2D eigenvalue weighted by atomic mass is 9.94. The van der Waals surface area contributed by atoms with E-state index in [2.05, 4.69) is 15.2 Å². The monoisotopic (exact) mass is 381 g/mol. The summed E-state index contributed by atoms with van der Waals surface area (Å²) in [6.07, 6.45) is 7.07. The normalized spacial score (nSPS) is 17.1. The van der Waals surface area contributed by atoms with Crippen LogP contribution in [0.4, 0.5) is 0 Å². The third kappa shape index (κ3) is 3.71. The number of amides is 1. The molecule has 0 saturated carbocycles. The van der Waals surface area contributed by atoms with Crippen molar-refractivity contribution in [2.45, 2.75) is 25.7 Å². The summed E-state index contributed by atoms with van der Waals surface area (Å²) >= 11 is 6.10. The van der Waals surface area contributed by atoms with Crippen LogP contribution >= 0.6 is 11.6 Å². The highest BCUT2D eigenvalue weighted by Crippen LogP contribution is 2.28. The molecule has 1 atom stereocenters. The number of aromatic amines is 1. The van der Waals surface area contributed by atoms with Crippen LogP contribution in [0.3, 0.4) is 0 Å². The molecular weight excluding hydrogens is 362 g/mol. The largest absolute Gasteiger partial charge is 0.338 e. The molecule has 138 valence electrons. The molecule has 1 fully saturated rings.